The van der Waals surface area contributed by atoms with Crippen LogP contribution in [0.15, 0.2) is 0 Å². The minimum absolute atomic E-state index is 0. The van der Waals surface area contributed by atoms with Gasteiger partial charge < -0.3 is 14.6 Å². The Morgan fingerprint density at radius 2 is 1.00 bits per heavy atom. The molecule has 0 heterocycles. The molecule has 50 valence electrons. The van der Waals surface area contributed by atoms with E-state index in [1.807, 2.05) is 0 Å². The smallest absolute Gasteiger partial charge is 2.00 e. The molecule has 0 aromatic carbocycles. The molecule has 0 atom stereocenters. The van der Waals surface area contributed by atoms with Crippen molar-refractivity contribution in [1.82, 2.24) is 0 Å². The Kier molecular flexibility index (Phi) is 22.8. The van der Waals surface area contributed by atoms with E-state index in [1.54, 1.807) is 0 Å². The summed E-state index contributed by atoms with van der Waals surface area (Å²) in [5.74, 6) is 0. The van der Waals surface area contributed by atoms with Crippen LogP contribution in [0.3, 0.4) is 0 Å². The second-order valence-electron chi connectivity index (χ2n) is 0.408. The number of rotatable bonds is 0. The van der Waals surface area contributed by atoms with E-state index in [9.17, 15) is 0 Å². The summed E-state index contributed by atoms with van der Waals surface area (Å²) in [5, 5.41) is 0. The fourth-order valence-electron chi connectivity index (χ4n) is 0. The van der Waals surface area contributed by atoms with Gasteiger partial charge in [-0.15, -0.1) is 0 Å². The molecule has 5 nitrogen and oxygen atoms in total. The summed E-state index contributed by atoms with van der Waals surface area (Å²) in [5.41, 5.74) is 0. The van der Waals surface area contributed by atoms with Crippen LogP contribution in [0, 0.1) is 0 Å². The maximum absolute atomic E-state index is 8.52. The van der Waals surface area contributed by atoms with Gasteiger partial charge in [0.25, 0.3) is 0 Å². The summed E-state index contributed by atoms with van der Waals surface area (Å²) in [4.78, 5) is 0. The minimum atomic E-state index is -5.17. The van der Waals surface area contributed by atoms with Gasteiger partial charge in [-0.05, 0) is 0 Å². The summed E-state index contributed by atoms with van der Waals surface area (Å²) in [6.07, 6.45) is 0. The fourth-order valence-corrected chi connectivity index (χ4v) is 0. The third-order valence-electron chi connectivity index (χ3n) is 0. The molecule has 0 aromatic heterocycles. The Bertz CT molecular complexity index is 93.6. The van der Waals surface area contributed by atoms with Crippen LogP contribution in [0.5, 0.6) is 0 Å². The fraction of sp³-hybridized carbons (Fsp3) is 0. The van der Waals surface area contributed by atoms with E-state index in [-0.39, 0.29) is 39.6 Å². The largest absolute Gasteiger partial charge is 2.00 e. The van der Waals surface area contributed by atoms with Gasteiger partial charge in [0.1, 0.15) is 0 Å². The van der Waals surface area contributed by atoms with Gasteiger partial charge in [-0.2, -0.15) is 0 Å². The summed E-state index contributed by atoms with van der Waals surface area (Å²) in [7, 11) is -5.17. The Balaban J connectivity index is -0.0000000267. The zero-order chi connectivity index (χ0) is 4.50. The predicted octanol–water partition coefficient (Wildman–Crippen LogP) is -1.46. The molecule has 0 aliphatic heterocycles. The van der Waals surface area contributed by atoms with Gasteiger partial charge in [0.15, 0.2) is 0 Å². The van der Waals surface area contributed by atoms with E-state index in [1.165, 1.54) is 0 Å². The molecule has 0 bridgehead atoms. The quantitative estimate of drug-likeness (QED) is 0.283. The second kappa shape index (κ2) is 7.87. The molecule has 2 radical (unpaired) electrons. The summed E-state index contributed by atoms with van der Waals surface area (Å²) < 4.78 is 34.1. The third-order valence-corrected chi connectivity index (χ3v) is 0. The van der Waals surface area contributed by atoms with Crippen LogP contribution in [0.1, 0.15) is 0 Å². The molecule has 0 saturated carbocycles. The molecule has 0 N–H and O–H groups in total. The van der Waals surface area contributed by atoms with Crippen molar-refractivity contribution in [2.24, 2.45) is 0 Å². The molecule has 0 amide bonds. The number of hydrogen-bond acceptors (Lipinski definition) is 4. The molecule has 0 aliphatic carbocycles. The average molecular weight is 222 g/mol. The minimum Gasteiger partial charge on any atom is -2.00 e. The van der Waals surface area contributed by atoms with Crippen LogP contribution in [-0.4, -0.2) is 17.5 Å². The van der Waals surface area contributed by atoms with Crippen LogP contribution in [0.2, 0.25) is 0 Å². The van der Waals surface area contributed by atoms with Gasteiger partial charge >= 0.3 is 34.1 Å². The van der Waals surface area contributed by atoms with Gasteiger partial charge in [0, 0.05) is 10.4 Å². The van der Waals surface area contributed by atoms with E-state index in [0.717, 1.165) is 0 Å². The molecule has 0 aliphatic rings. The molecule has 8 heteroatoms. The SMILES string of the molecule is O=S(=O)([O-])[O-].[Mn+2].[Mn+2].[O-2]. The van der Waals surface area contributed by atoms with E-state index in [4.69, 9.17) is 17.5 Å². The second-order valence-corrected chi connectivity index (χ2v) is 1.22. The van der Waals surface area contributed by atoms with E-state index in [0.29, 0.717) is 0 Å². The molecular formula is Mn2O5S. The summed E-state index contributed by atoms with van der Waals surface area (Å²) >= 11 is 0. The Morgan fingerprint density at radius 1 is 1.00 bits per heavy atom. The van der Waals surface area contributed by atoms with Crippen molar-refractivity contribution < 1.29 is 57.1 Å². The summed E-state index contributed by atoms with van der Waals surface area (Å²) in [6.45, 7) is 0. The average Bonchev–Trinajstić information content (AvgIpc) is 0.722. The maximum atomic E-state index is 8.52. The molecule has 0 unspecified atom stereocenters. The van der Waals surface area contributed by atoms with Crippen molar-refractivity contribution in [3.63, 3.8) is 0 Å². The first-order valence-electron chi connectivity index (χ1n) is 0.667. The normalized spacial score (nSPS) is 7.25. The first kappa shape index (κ1) is 23.2. The first-order chi connectivity index (χ1) is 2.00. The maximum Gasteiger partial charge on any atom is 2.00 e. The van der Waals surface area contributed by atoms with Crippen LogP contribution in [0.4, 0.5) is 0 Å². The van der Waals surface area contributed by atoms with Crippen LogP contribution in [0.25, 0.3) is 0 Å². The zero-order valence-corrected chi connectivity index (χ0v) is 6.38. The van der Waals surface area contributed by atoms with E-state index < -0.39 is 10.4 Å². The Labute approximate surface area is 67.7 Å². The standard InChI is InChI=1S/2Mn.H2O4S.O/c;;1-5(2,3)4;/h;;(H2,1,2,3,4);/q2*+2;;-2/p-2. The molecule has 0 saturated heterocycles. The summed E-state index contributed by atoms with van der Waals surface area (Å²) in [6, 6.07) is 0. The van der Waals surface area contributed by atoms with Crippen molar-refractivity contribution >= 4 is 10.4 Å². The van der Waals surface area contributed by atoms with Gasteiger partial charge in [0.05, 0.1) is 0 Å². The Morgan fingerprint density at radius 3 is 1.00 bits per heavy atom. The van der Waals surface area contributed by atoms with E-state index >= 15 is 0 Å². The molecule has 0 spiro atoms. The van der Waals surface area contributed by atoms with Gasteiger partial charge in [-0.3, -0.25) is 8.42 Å². The third kappa shape index (κ3) is 313. The van der Waals surface area contributed by atoms with E-state index in [2.05, 4.69) is 0 Å². The molecule has 8 heavy (non-hydrogen) atoms. The van der Waals surface area contributed by atoms with Crippen molar-refractivity contribution in [3.8, 4) is 0 Å². The zero-order valence-electron chi connectivity index (χ0n) is 3.21. The topological polar surface area (TPSA) is 109 Å². The van der Waals surface area contributed by atoms with Crippen molar-refractivity contribution in [3.05, 3.63) is 0 Å². The van der Waals surface area contributed by atoms with Crippen molar-refractivity contribution in [1.29, 1.82) is 0 Å². The monoisotopic (exact) mass is 222 g/mol. The molecule has 0 rings (SSSR count). The Hall–Kier alpha value is 0.869. The van der Waals surface area contributed by atoms with Gasteiger partial charge in [0.2, 0.25) is 0 Å². The molecule has 0 aromatic rings. The first-order valence-corrected chi connectivity index (χ1v) is 2.00. The number of hydrogen-bond donors (Lipinski definition) is 0. The van der Waals surface area contributed by atoms with Crippen LogP contribution in [-0.2, 0) is 50.0 Å². The van der Waals surface area contributed by atoms with Gasteiger partial charge in [-0.25, -0.2) is 0 Å². The van der Waals surface area contributed by atoms with Gasteiger partial charge in [-0.1, -0.05) is 0 Å². The van der Waals surface area contributed by atoms with Crippen molar-refractivity contribution in [2.45, 2.75) is 0 Å². The van der Waals surface area contributed by atoms with Crippen LogP contribution >= 0.6 is 0 Å². The molecular weight excluding hydrogens is 222 g/mol. The predicted molar refractivity (Wildman–Crippen MR) is 11.2 cm³/mol. The van der Waals surface area contributed by atoms with Crippen molar-refractivity contribution in [2.75, 3.05) is 0 Å². The van der Waals surface area contributed by atoms with Crippen LogP contribution < -0.4 is 0 Å². The molecule has 0 fully saturated rings.